The predicted octanol–water partition coefficient (Wildman–Crippen LogP) is 5.42. The maximum atomic E-state index is 12.5. The van der Waals surface area contributed by atoms with E-state index in [1.54, 1.807) is 24.3 Å². The highest BCUT2D eigenvalue weighted by molar-refractivity contribution is 7.15. The molecule has 0 spiro atoms. The van der Waals surface area contributed by atoms with Crippen LogP contribution in [-0.2, 0) is 17.8 Å². The molecule has 1 heterocycles. The average Bonchev–Trinajstić information content (AvgIpc) is 3.35. The number of nitrogens with zero attached hydrogens (tertiary/aromatic N) is 3. The highest BCUT2D eigenvalue weighted by Crippen LogP contribution is 2.37. The molecule has 0 aliphatic carbocycles. The summed E-state index contributed by atoms with van der Waals surface area (Å²) in [5.41, 5.74) is 5.48. The minimum Gasteiger partial charge on any atom is -0.490 e. The van der Waals surface area contributed by atoms with Gasteiger partial charge in [-0.3, -0.25) is 14.9 Å². The van der Waals surface area contributed by atoms with Crippen LogP contribution in [0.5, 0.6) is 11.5 Å². The fourth-order valence-electron chi connectivity index (χ4n) is 3.52. The quantitative estimate of drug-likeness (QED) is 0.186. The molecule has 0 saturated carbocycles. The van der Waals surface area contributed by atoms with Crippen molar-refractivity contribution >= 4 is 46.1 Å². The zero-order chi connectivity index (χ0) is 27.6. The van der Waals surface area contributed by atoms with E-state index in [0.717, 1.165) is 22.5 Å². The third-order valence-electron chi connectivity index (χ3n) is 5.35. The van der Waals surface area contributed by atoms with Crippen molar-refractivity contribution in [3.8, 4) is 11.5 Å². The summed E-state index contributed by atoms with van der Waals surface area (Å²) in [4.78, 5) is 24.8. The number of aromatic nitrogens is 2. The van der Waals surface area contributed by atoms with Crippen LogP contribution in [-0.4, -0.2) is 34.8 Å². The van der Waals surface area contributed by atoms with Gasteiger partial charge in [-0.15, -0.1) is 10.2 Å². The molecule has 0 aliphatic rings. The van der Waals surface area contributed by atoms with Gasteiger partial charge in [-0.25, -0.2) is 5.43 Å². The monoisotopic (exact) mass is 563 g/mol. The Morgan fingerprint density at radius 3 is 2.59 bits per heavy atom. The van der Waals surface area contributed by atoms with Gasteiger partial charge in [0, 0.05) is 5.56 Å². The number of nitrogens with one attached hydrogen (secondary N) is 2. The second kappa shape index (κ2) is 13.5. The summed E-state index contributed by atoms with van der Waals surface area (Å²) in [5.74, 6) is 0.234. The average molecular weight is 564 g/mol. The van der Waals surface area contributed by atoms with Crippen LogP contribution in [0.15, 0.2) is 71.8 Å². The van der Waals surface area contributed by atoms with Gasteiger partial charge in [-0.05, 0) is 48.7 Å². The first-order chi connectivity index (χ1) is 18.9. The molecule has 2 amide bonds. The van der Waals surface area contributed by atoms with Gasteiger partial charge in [-0.1, -0.05) is 71.5 Å². The van der Waals surface area contributed by atoms with Crippen molar-refractivity contribution in [2.45, 2.75) is 26.9 Å². The van der Waals surface area contributed by atoms with Gasteiger partial charge in [0.25, 0.3) is 5.91 Å². The maximum Gasteiger partial charge on any atom is 0.257 e. The molecule has 0 radical (unpaired) electrons. The van der Waals surface area contributed by atoms with Crippen molar-refractivity contribution in [3.05, 3.63) is 99.0 Å². The first-order valence-corrected chi connectivity index (χ1v) is 13.3. The van der Waals surface area contributed by atoms with E-state index in [1.165, 1.54) is 6.21 Å². The summed E-state index contributed by atoms with van der Waals surface area (Å²) in [6, 6.07) is 20.4. The van der Waals surface area contributed by atoms with Gasteiger partial charge in [0.15, 0.2) is 11.5 Å². The molecule has 2 N–H and O–H groups in total. The van der Waals surface area contributed by atoms with Crippen LogP contribution >= 0.6 is 22.9 Å². The van der Waals surface area contributed by atoms with Crippen LogP contribution in [0.4, 0.5) is 5.13 Å². The van der Waals surface area contributed by atoms with Gasteiger partial charge >= 0.3 is 0 Å². The third-order valence-corrected chi connectivity index (χ3v) is 6.47. The van der Waals surface area contributed by atoms with E-state index in [9.17, 15) is 9.59 Å². The van der Waals surface area contributed by atoms with E-state index < -0.39 is 5.91 Å². The van der Waals surface area contributed by atoms with Crippen molar-refractivity contribution in [3.63, 3.8) is 0 Å². The Bertz CT molecular complexity index is 1480. The number of rotatable bonds is 11. The lowest BCUT2D eigenvalue weighted by Gasteiger charge is -2.14. The van der Waals surface area contributed by atoms with Gasteiger partial charge in [0.1, 0.15) is 11.6 Å². The first-order valence-electron chi connectivity index (χ1n) is 12.1. The van der Waals surface area contributed by atoms with Crippen molar-refractivity contribution in [1.82, 2.24) is 15.6 Å². The standard InChI is InChI=1S/C28H26ClN5O4S/c1-3-37-23-14-20(13-22(29)26(23)38-17-19-10-5-4-6-11-19)16-30-32-24(35)15-25-33-34-28(39-25)31-27(36)21-12-8-7-9-18(21)2/h4-14,16H,3,15,17H2,1-2H3,(H,32,35)(H,31,34,36). The van der Waals surface area contributed by atoms with Crippen LogP contribution in [0.3, 0.4) is 0 Å². The van der Waals surface area contributed by atoms with E-state index in [-0.39, 0.29) is 12.3 Å². The lowest BCUT2D eigenvalue weighted by molar-refractivity contribution is -0.120. The van der Waals surface area contributed by atoms with Gasteiger partial charge in [0.05, 0.1) is 24.3 Å². The number of hydrazone groups is 1. The van der Waals surface area contributed by atoms with Crippen LogP contribution < -0.4 is 20.2 Å². The minimum absolute atomic E-state index is 0.0491. The van der Waals surface area contributed by atoms with Crippen molar-refractivity contribution < 1.29 is 19.1 Å². The van der Waals surface area contributed by atoms with Crippen molar-refractivity contribution in [2.75, 3.05) is 11.9 Å². The van der Waals surface area contributed by atoms with E-state index in [0.29, 0.717) is 51.0 Å². The number of amides is 2. The molecule has 0 unspecified atom stereocenters. The number of ether oxygens (including phenoxy) is 2. The molecule has 39 heavy (non-hydrogen) atoms. The summed E-state index contributed by atoms with van der Waals surface area (Å²) in [5, 5.41) is 15.8. The SMILES string of the molecule is CCOc1cc(C=NNC(=O)Cc2nnc(NC(=O)c3ccccc3C)s2)cc(Cl)c1OCc1ccccc1. The Morgan fingerprint density at radius 1 is 1.05 bits per heavy atom. The second-order valence-electron chi connectivity index (χ2n) is 8.28. The van der Waals surface area contributed by atoms with Crippen LogP contribution in [0, 0.1) is 6.92 Å². The fourth-order valence-corrected chi connectivity index (χ4v) is 4.53. The van der Waals surface area contributed by atoms with E-state index in [1.807, 2.05) is 56.3 Å². The minimum atomic E-state index is -0.391. The summed E-state index contributed by atoms with van der Waals surface area (Å²) < 4.78 is 11.6. The molecule has 0 atom stereocenters. The first kappa shape index (κ1) is 27.7. The molecule has 0 bridgehead atoms. The predicted molar refractivity (Wildman–Crippen MR) is 152 cm³/mol. The summed E-state index contributed by atoms with van der Waals surface area (Å²) in [6.07, 6.45) is 1.41. The van der Waals surface area contributed by atoms with E-state index in [4.69, 9.17) is 21.1 Å². The number of aryl methyl sites for hydroxylation is 1. The molecule has 200 valence electrons. The zero-order valence-corrected chi connectivity index (χ0v) is 22.9. The maximum absolute atomic E-state index is 12.5. The highest BCUT2D eigenvalue weighted by Gasteiger charge is 2.15. The fraction of sp³-hybridized carbons (Fsp3) is 0.179. The number of carbonyl (C=O) groups is 2. The van der Waals surface area contributed by atoms with Crippen LogP contribution in [0.2, 0.25) is 5.02 Å². The number of anilines is 1. The van der Waals surface area contributed by atoms with Crippen LogP contribution in [0.1, 0.15) is 39.0 Å². The Balaban J connectivity index is 1.33. The van der Waals surface area contributed by atoms with Crippen molar-refractivity contribution in [1.29, 1.82) is 0 Å². The molecule has 3 aromatic carbocycles. The lowest BCUT2D eigenvalue weighted by Crippen LogP contribution is -2.19. The molecule has 0 fully saturated rings. The van der Waals surface area contributed by atoms with Gasteiger partial charge in [0.2, 0.25) is 11.0 Å². The summed E-state index contributed by atoms with van der Waals surface area (Å²) >= 11 is 7.59. The van der Waals surface area contributed by atoms with Gasteiger partial charge in [-0.2, -0.15) is 5.10 Å². The topological polar surface area (TPSA) is 115 Å². The summed E-state index contributed by atoms with van der Waals surface area (Å²) in [7, 11) is 0. The molecule has 4 aromatic rings. The Kier molecular flexibility index (Phi) is 9.60. The normalized spacial score (nSPS) is 10.8. The number of carbonyl (C=O) groups excluding carboxylic acids is 2. The number of hydrogen-bond donors (Lipinski definition) is 2. The van der Waals surface area contributed by atoms with Crippen LogP contribution in [0.25, 0.3) is 0 Å². The Morgan fingerprint density at radius 2 is 1.82 bits per heavy atom. The molecule has 1 aromatic heterocycles. The smallest absolute Gasteiger partial charge is 0.257 e. The lowest BCUT2D eigenvalue weighted by atomic mass is 10.1. The van der Waals surface area contributed by atoms with E-state index >= 15 is 0 Å². The molecule has 0 aliphatic heterocycles. The highest BCUT2D eigenvalue weighted by atomic mass is 35.5. The molecule has 11 heteroatoms. The Labute approximate surface area is 234 Å². The Hall–Kier alpha value is -4.28. The second-order valence-corrected chi connectivity index (χ2v) is 9.75. The molecule has 0 saturated heterocycles. The number of hydrogen-bond acceptors (Lipinski definition) is 8. The van der Waals surface area contributed by atoms with E-state index in [2.05, 4.69) is 26.0 Å². The largest absolute Gasteiger partial charge is 0.490 e. The van der Waals surface area contributed by atoms with Crippen molar-refractivity contribution in [2.24, 2.45) is 5.10 Å². The number of benzene rings is 3. The molecular formula is C28H26ClN5O4S. The molecular weight excluding hydrogens is 538 g/mol. The molecule has 9 nitrogen and oxygen atoms in total. The zero-order valence-electron chi connectivity index (χ0n) is 21.3. The number of halogens is 1. The molecule has 4 rings (SSSR count). The summed E-state index contributed by atoms with van der Waals surface area (Å²) in [6.45, 7) is 4.48. The van der Waals surface area contributed by atoms with Gasteiger partial charge < -0.3 is 9.47 Å². The third kappa shape index (κ3) is 7.86.